The van der Waals surface area contributed by atoms with Crippen LogP contribution in [-0.2, 0) is 0 Å². The molecule has 2 aromatic heterocycles. The molecule has 0 aliphatic carbocycles. The molecule has 0 bridgehead atoms. The van der Waals surface area contributed by atoms with Gasteiger partial charge in [-0.1, -0.05) is 20.8 Å². The van der Waals surface area contributed by atoms with Crippen LogP contribution < -0.4 is 16.6 Å². The van der Waals surface area contributed by atoms with Gasteiger partial charge in [-0.25, -0.2) is 10.8 Å². The summed E-state index contributed by atoms with van der Waals surface area (Å²) in [5.74, 6) is 6.52. The van der Waals surface area contributed by atoms with Crippen molar-refractivity contribution >= 4 is 11.9 Å². The number of anilines is 2. The molecule has 0 amide bonds. The van der Waals surface area contributed by atoms with Crippen LogP contribution in [0.5, 0.6) is 0 Å². The lowest BCUT2D eigenvalue weighted by Crippen LogP contribution is -2.37. The van der Waals surface area contributed by atoms with Crippen LogP contribution in [0.2, 0.25) is 0 Å². The summed E-state index contributed by atoms with van der Waals surface area (Å²) >= 11 is 0. The topological polar surface area (TPSA) is 119 Å². The molecule has 0 aliphatic rings. The highest BCUT2D eigenvalue weighted by atomic mass is 15.4. The average molecular weight is 291 g/mol. The van der Waals surface area contributed by atoms with Crippen LogP contribution >= 0.6 is 0 Å². The second-order valence-corrected chi connectivity index (χ2v) is 4.73. The van der Waals surface area contributed by atoms with Gasteiger partial charge in [0.2, 0.25) is 11.9 Å². The standard InChI is InChI=1S/C12H21N9/c1-4-12(5-2,6-3)19-9-16-10(20-13)18-11(17-9)21-8-14-7-15-21/h7-8H,4-6,13H2,1-3H3,(H2,16,17,18,19,20). The van der Waals surface area contributed by atoms with Crippen molar-refractivity contribution in [2.45, 2.75) is 45.6 Å². The number of hydrogen-bond donors (Lipinski definition) is 3. The zero-order valence-electron chi connectivity index (χ0n) is 12.5. The lowest BCUT2D eigenvalue weighted by Gasteiger charge is -2.31. The van der Waals surface area contributed by atoms with Crippen molar-refractivity contribution in [2.24, 2.45) is 5.84 Å². The molecule has 0 saturated heterocycles. The highest BCUT2D eigenvalue weighted by molar-refractivity contribution is 5.38. The molecule has 0 saturated carbocycles. The van der Waals surface area contributed by atoms with Gasteiger partial charge in [-0.2, -0.15) is 24.7 Å². The van der Waals surface area contributed by atoms with E-state index in [4.69, 9.17) is 5.84 Å². The van der Waals surface area contributed by atoms with Gasteiger partial charge in [-0.15, -0.1) is 0 Å². The Kier molecular flexibility index (Phi) is 4.63. The van der Waals surface area contributed by atoms with Crippen LogP contribution in [0.3, 0.4) is 0 Å². The molecule has 114 valence electrons. The quantitative estimate of drug-likeness (QED) is 0.513. The smallest absolute Gasteiger partial charge is 0.258 e. The van der Waals surface area contributed by atoms with E-state index in [0.29, 0.717) is 11.9 Å². The number of hydrogen-bond acceptors (Lipinski definition) is 8. The predicted molar refractivity (Wildman–Crippen MR) is 79.8 cm³/mol. The molecule has 0 unspecified atom stereocenters. The SMILES string of the molecule is CCC(CC)(CC)Nc1nc(NN)nc(-n2cncn2)n1. The largest absolute Gasteiger partial charge is 0.349 e. The van der Waals surface area contributed by atoms with Crippen molar-refractivity contribution in [3.8, 4) is 5.95 Å². The molecule has 9 heteroatoms. The van der Waals surface area contributed by atoms with Crippen LogP contribution in [-0.4, -0.2) is 35.3 Å². The number of nitrogens with zero attached hydrogens (tertiary/aromatic N) is 6. The Morgan fingerprint density at radius 3 is 2.29 bits per heavy atom. The third kappa shape index (κ3) is 3.24. The number of aromatic nitrogens is 6. The first-order chi connectivity index (χ1) is 10.2. The normalized spacial score (nSPS) is 11.4. The first kappa shape index (κ1) is 15.1. The summed E-state index contributed by atoms with van der Waals surface area (Å²) in [6, 6.07) is 0. The molecule has 2 rings (SSSR count). The predicted octanol–water partition coefficient (Wildman–Crippen LogP) is 1.12. The van der Waals surface area contributed by atoms with Gasteiger partial charge < -0.3 is 5.32 Å². The summed E-state index contributed by atoms with van der Waals surface area (Å²) in [6.07, 6.45) is 5.84. The van der Waals surface area contributed by atoms with E-state index in [1.807, 2.05) is 0 Å². The van der Waals surface area contributed by atoms with E-state index in [-0.39, 0.29) is 11.5 Å². The Labute approximate surface area is 123 Å². The number of nitrogens with two attached hydrogens (primary N) is 1. The zero-order valence-corrected chi connectivity index (χ0v) is 12.5. The van der Waals surface area contributed by atoms with Gasteiger partial charge in [0.15, 0.2) is 0 Å². The van der Waals surface area contributed by atoms with Crippen LogP contribution in [0.25, 0.3) is 5.95 Å². The van der Waals surface area contributed by atoms with E-state index >= 15 is 0 Å². The van der Waals surface area contributed by atoms with Crippen molar-refractivity contribution in [3.05, 3.63) is 12.7 Å². The Morgan fingerprint density at radius 2 is 1.76 bits per heavy atom. The van der Waals surface area contributed by atoms with E-state index in [1.165, 1.54) is 17.3 Å². The monoisotopic (exact) mass is 291 g/mol. The minimum Gasteiger partial charge on any atom is -0.349 e. The summed E-state index contributed by atoms with van der Waals surface area (Å²) in [6.45, 7) is 6.42. The first-order valence-electron chi connectivity index (χ1n) is 7.02. The van der Waals surface area contributed by atoms with Crippen LogP contribution in [0.4, 0.5) is 11.9 Å². The summed E-state index contributed by atoms with van der Waals surface area (Å²) in [5, 5.41) is 7.42. The summed E-state index contributed by atoms with van der Waals surface area (Å²) in [5.41, 5.74) is 2.40. The van der Waals surface area contributed by atoms with Crippen LogP contribution in [0.1, 0.15) is 40.0 Å². The number of hydrazine groups is 1. The molecule has 0 spiro atoms. The van der Waals surface area contributed by atoms with E-state index in [9.17, 15) is 0 Å². The summed E-state index contributed by atoms with van der Waals surface area (Å²) in [4.78, 5) is 16.7. The van der Waals surface area contributed by atoms with E-state index < -0.39 is 0 Å². The summed E-state index contributed by atoms with van der Waals surface area (Å²) < 4.78 is 1.46. The van der Waals surface area contributed by atoms with Gasteiger partial charge >= 0.3 is 0 Å². The van der Waals surface area contributed by atoms with Gasteiger partial charge in [0.05, 0.1) is 0 Å². The lowest BCUT2D eigenvalue weighted by molar-refractivity contribution is 0.417. The van der Waals surface area contributed by atoms with Gasteiger partial charge in [0.1, 0.15) is 12.7 Å². The molecule has 0 aliphatic heterocycles. The minimum absolute atomic E-state index is 0.0488. The Bertz CT molecular complexity index is 554. The Balaban J connectivity index is 2.37. The third-order valence-corrected chi connectivity index (χ3v) is 3.78. The highest BCUT2D eigenvalue weighted by Gasteiger charge is 2.25. The Morgan fingerprint density at radius 1 is 1.10 bits per heavy atom. The van der Waals surface area contributed by atoms with Crippen LogP contribution in [0, 0.1) is 0 Å². The maximum atomic E-state index is 5.43. The lowest BCUT2D eigenvalue weighted by atomic mass is 9.90. The van der Waals surface area contributed by atoms with E-state index in [1.54, 1.807) is 0 Å². The highest BCUT2D eigenvalue weighted by Crippen LogP contribution is 2.24. The Hall–Kier alpha value is -2.29. The van der Waals surface area contributed by atoms with Gasteiger partial charge in [0, 0.05) is 5.54 Å². The third-order valence-electron chi connectivity index (χ3n) is 3.78. The molecule has 0 fully saturated rings. The second kappa shape index (κ2) is 6.44. The minimum atomic E-state index is -0.0488. The fourth-order valence-electron chi connectivity index (χ4n) is 2.15. The fourth-order valence-corrected chi connectivity index (χ4v) is 2.15. The van der Waals surface area contributed by atoms with E-state index in [0.717, 1.165) is 19.3 Å². The van der Waals surface area contributed by atoms with Crippen molar-refractivity contribution in [3.63, 3.8) is 0 Å². The molecular formula is C12H21N9. The van der Waals surface area contributed by atoms with Crippen molar-refractivity contribution in [1.82, 2.24) is 29.7 Å². The van der Waals surface area contributed by atoms with E-state index in [2.05, 4.69) is 56.5 Å². The molecule has 0 radical (unpaired) electrons. The number of nitrogen functional groups attached to an aromatic ring is 1. The molecule has 4 N–H and O–H groups in total. The molecule has 0 atom stereocenters. The molecule has 0 aromatic carbocycles. The molecular weight excluding hydrogens is 270 g/mol. The fraction of sp³-hybridized carbons (Fsp3) is 0.583. The van der Waals surface area contributed by atoms with Gasteiger partial charge in [-0.05, 0) is 19.3 Å². The maximum Gasteiger partial charge on any atom is 0.258 e. The molecule has 2 aromatic rings. The maximum absolute atomic E-state index is 5.43. The van der Waals surface area contributed by atoms with Crippen molar-refractivity contribution in [1.29, 1.82) is 0 Å². The zero-order chi connectivity index (χ0) is 15.3. The van der Waals surface area contributed by atoms with Crippen molar-refractivity contribution < 1.29 is 0 Å². The van der Waals surface area contributed by atoms with Crippen molar-refractivity contribution in [2.75, 3.05) is 10.7 Å². The van der Waals surface area contributed by atoms with Gasteiger partial charge in [0.25, 0.3) is 5.95 Å². The number of rotatable bonds is 7. The molecule has 9 nitrogen and oxygen atoms in total. The molecule has 21 heavy (non-hydrogen) atoms. The molecule has 2 heterocycles. The van der Waals surface area contributed by atoms with Gasteiger partial charge in [-0.3, -0.25) is 5.43 Å². The summed E-state index contributed by atoms with van der Waals surface area (Å²) in [7, 11) is 0. The first-order valence-corrected chi connectivity index (χ1v) is 7.02. The second-order valence-electron chi connectivity index (χ2n) is 4.73. The van der Waals surface area contributed by atoms with Crippen LogP contribution in [0.15, 0.2) is 12.7 Å². The average Bonchev–Trinajstić information content (AvgIpc) is 3.07. The number of nitrogens with one attached hydrogen (secondary N) is 2.